The summed E-state index contributed by atoms with van der Waals surface area (Å²) in [5, 5.41) is 11.9. The molecule has 0 aliphatic heterocycles. The summed E-state index contributed by atoms with van der Waals surface area (Å²) in [6.45, 7) is 2.08. The molecule has 1 amide bonds. The van der Waals surface area contributed by atoms with Gasteiger partial charge in [-0.05, 0) is 55.5 Å². The zero-order chi connectivity index (χ0) is 20.3. The predicted molar refractivity (Wildman–Crippen MR) is 100 cm³/mol. The number of amides is 1. The van der Waals surface area contributed by atoms with Gasteiger partial charge in [0.05, 0.1) is 23.4 Å². The second-order valence-corrected chi connectivity index (χ2v) is 7.28. The average Bonchev–Trinajstić information content (AvgIpc) is 3.06. The first kappa shape index (κ1) is 19.5. The molecule has 3 N–H and O–H groups in total. The van der Waals surface area contributed by atoms with Gasteiger partial charge in [0.2, 0.25) is 10.0 Å². The van der Waals surface area contributed by atoms with Crippen molar-refractivity contribution in [1.82, 2.24) is 9.78 Å². The summed E-state index contributed by atoms with van der Waals surface area (Å²) in [5.74, 6) is -0.681. The van der Waals surface area contributed by atoms with Crippen LogP contribution in [0.3, 0.4) is 0 Å². The molecule has 0 radical (unpaired) electrons. The molecule has 3 aromatic rings. The van der Waals surface area contributed by atoms with E-state index in [1.54, 1.807) is 6.92 Å². The smallest absolute Gasteiger partial charge is 0.280 e. The Balaban J connectivity index is 1.87. The van der Waals surface area contributed by atoms with Crippen molar-refractivity contribution in [2.24, 2.45) is 5.14 Å². The molecule has 8 nitrogen and oxygen atoms in total. The number of carbonyl (C=O) groups excluding carboxylic acids is 1. The zero-order valence-electron chi connectivity index (χ0n) is 14.8. The summed E-state index contributed by atoms with van der Waals surface area (Å²) in [4.78, 5) is 12.6. The largest absolute Gasteiger partial charge is 0.490 e. The summed E-state index contributed by atoms with van der Waals surface area (Å²) < 4.78 is 42.6. The lowest BCUT2D eigenvalue weighted by Gasteiger charge is -2.06. The number of rotatable bonds is 6. The van der Waals surface area contributed by atoms with Crippen LogP contribution < -0.4 is 15.2 Å². The molecule has 0 bridgehead atoms. The number of halogens is 1. The molecule has 1 heterocycles. The molecule has 3 rings (SSSR count). The van der Waals surface area contributed by atoms with Crippen LogP contribution in [0.5, 0.6) is 5.75 Å². The number of nitrogens with one attached hydrogen (secondary N) is 1. The van der Waals surface area contributed by atoms with Crippen LogP contribution in [-0.4, -0.2) is 30.7 Å². The van der Waals surface area contributed by atoms with Gasteiger partial charge in [-0.2, -0.15) is 5.10 Å². The Labute approximate surface area is 160 Å². The maximum atomic E-state index is 13.1. The highest BCUT2D eigenvalue weighted by atomic mass is 32.2. The molecule has 28 heavy (non-hydrogen) atoms. The van der Waals surface area contributed by atoms with E-state index >= 15 is 0 Å². The quantitative estimate of drug-likeness (QED) is 0.654. The molecule has 2 aromatic carbocycles. The fourth-order valence-corrected chi connectivity index (χ4v) is 2.94. The maximum absolute atomic E-state index is 13.1. The van der Waals surface area contributed by atoms with Gasteiger partial charge in [-0.3, -0.25) is 4.79 Å². The number of carbonyl (C=O) groups is 1. The topological polar surface area (TPSA) is 116 Å². The fourth-order valence-electron chi connectivity index (χ4n) is 2.42. The first-order chi connectivity index (χ1) is 13.3. The van der Waals surface area contributed by atoms with E-state index in [4.69, 9.17) is 9.88 Å². The molecular formula is C18H17FN4O4S. The summed E-state index contributed by atoms with van der Waals surface area (Å²) in [5.41, 5.74) is 0.941. The molecule has 0 aliphatic carbocycles. The number of benzene rings is 2. The molecule has 0 unspecified atom stereocenters. The van der Waals surface area contributed by atoms with Gasteiger partial charge in [0.25, 0.3) is 5.91 Å². The average molecular weight is 404 g/mol. The lowest BCUT2D eigenvalue weighted by molar-refractivity contribution is 0.101. The molecule has 0 saturated carbocycles. The number of hydrogen-bond acceptors (Lipinski definition) is 5. The lowest BCUT2D eigenvalue weighted by Crippen LogP contribution is -2.15. The van der Waals surface area contributed by atoms with E-state index in [1.165, 1.54) is 59.4 Å². The fraction of sp³-hybridized carbons (Fsp3) is 0.111. The van der Waals surface area contributed by atoms with Crippen molar-refractivity contribution >= 4 is 21.6 Å². The molecule has 0 spiro atoms. The van der Waals surface area contributed by atoms with Crippen molar-refractivity contribution in [2.45, 2.75) is 11.8 Å². The SMILES string of the molecule is CCOc1cn(-c2ccc(F)cc2)nc1C(=O)Nc1ccc(S(N)(=O)=O)cc1. The molecular weight excluding hydrogens is 387 g/mol. The normalized spacial score (nSPS) is 11.2. The van der Waals surface area contributed by atoms with Crippen LogP contribution in [0.15, 0.2) is 59.6 Å². The van der Waals surface area contributed by atoms with Crippen LogP contribution in [-0.2, 0) is 10.0 Å². The van der Waals surface area contributed by atoms with Crippen molar-refractivity contribution in [3.05, 3.63) is 66.2 Å². The van der Waals surface area contributed by atoms with Gasteiger partial charge in [0.1, 0.15) is 5.82 Å². The van der Waals surface area contributed by atoms with Crippen LogP contribution >= 0.6 is 0 Å². The van der Waals surface area contributed by atoms with Crippen molar-refractivity contribution in [1.29, 1.82) is 0 Å². The first-order valence-electron chi connectivity index (χ1n) is 8.20. The monoisotopic (exact) mass is 404 g/mol. The van der Waals surface area contributed by atoms with Crippen molar-refractivity contribution < 1.29 is 22.3 Å². The van der Waals surface area contributed by atoms with Gasteiger partial charge in [-0.25, -0.2) is 22.6 Å². The van der Waals surface area contributed by atoms with E-state index in [-0.39, 0.29) is 22.2 Å². The van der Waals surface area contributed by atoms with E-state index in [9.17, 15) is 17.6 Å². The second kappa shape index (κ2) is 7.79. The van der Waals surface area contributed by atoms with E-state index in [0.717, 1.165) is 0 Å². The third kappa shape index (κ3) is 4.35. The molecule has 0 atom stereocenters. The van der Waals surface area contributed by atoms with Gasteiger partial charge in [0.15, 0.2) is 11.4 Å². The highest BCUT2D eigenvalue weighted by molar-refractivity contribution is 7.89. The summed E-state index contributed by atoms with van der Waals surface area (Å²) >= 11 is 0. The number of ether oxygens (including phenoxy) is 1. The van der Waals surface area contributed by atoms with Crippen molar-refractivity contribution in [3.8, 4) is 11.4 Å². The molecule has 10 heteroatoms. The number of hydrogen-bond donors (Lipinski definition) is 2. The Bertz CT molecular complexity index is 1090. The standard InChI is InChI=1S/C18H17FN4O4S/c1-2-27-16-11-23(14-7-3-12(19)4-8-14)22-17(16)18(24)21-13-5-9-15(10-6-13)28(20,25)26/h3-11H,2H2,1H3,(H,21,24)(H2,20,25,26). The molecule has 146 valence electrons. The zero-order valence-corrected chi connectivity index (χ0v) is 15.6. The van der Waals surface area contributed by atoms with Crippen LogP contribution in [0.1, 0.15) is 17.4 Å². The minimum atomic E-state index is -3.82. The summed E-state index contributed by atoms with van der Waals surface area (Å²) in [7, 11) is -3.82. The minimum Gasteiger partial charge on any atom is -0.490 e. The Kier molecular flexibility index (Phi) is 5.43. The van der Waals surface area contributed by atoms with Gasteiger partial charge >= 0.3 is 0 Å². The van der Waals surface area contributed by atoms with Gasteiger partial charge in [0, 0.05) is 5.69 Å². The van der Waals surface area contributed by atoms with Gasteiger partial charge in [-0.1, -0.05) is 0 Å². The van der Waals surface area contributed by atoms with Gasteiger partial charge in [-0.15, -0.1) is 0 Å². The Hall–Kier alpha value is -3.24. The van der Waals surface area contributed by atoms with Crippen LogP contribution in [0.25, 0.3) is 5.69 Å². The summed E-state index contributed by atoms with van der Waals surface area (Å²) in [6, 6.07) is 11.0. The molecule has 0 aliphatic rings. The van der Waals surface area contributed by atoms with E-state index < -0.39 is 15.9 Å². The maximum Gasteiger partial charge on any atom is 0.280 e. The summed E-state index contributed by atoms with van der Waals surface area (Å²) in [6.07, 6.45) is 1.52. The molecule has 0 saturated heterocycles. The Morgan fingerprint density at radius 1 is 1.18 bits per heavy atom. The van der Waals surface area contributed by atoms with Crippen LogP contribution in [0.4, 0.5) is 10.1 Å². The Morgan fingerprint density at radius 3 is 2.39 bits per heavy atom. The highest BCUT2D eigenvalue weighted by Gasteiger charge is 2.19. The number of nitrogens with two attached hydrogens (primary N) is 1. The predicted octanol–water partition coefficient (Wildman–Crippen LogP) is 2.31. The van der Waals surface area contributed by atoms with Crippen molar-refractivity contribution in [2.75, 3.05) is 11.9 Å². The third-order valence-corrected chi connectivity index (χ3v) is 4.66. The number of aromatic nitrogens is 2. The number of anilines is 1. The van der Waals surface area contributed by atoms with Crippen LogP contribution in [0.2, 0.25) is 0 Å². The molecule has 1 aromatic heterocycles. The Morgan fingerprint density at radius 2 is 1.82 bits per heavy atom. The molecule has 0 fully saturated rings. The van der Waals surface area contributed by atoms with Gasteiger partial charge < -0.3 is 10.1 Å². The van der Waals surface area contributed by atoms with E-state index in [0.29, 0.717) is 18.0 Å². The van der Waals surface area contributed by atoms with Crippen molar-refractivity contribution in [3.63, 3.8) is 0 Å². The number of sulfonamides is 1. The number of nitrogens with zero attached hydrogens (tertiary/aromatic N) is 2. The van der Waals surface area contributed by atoms with E-state index in [2.05, 4.69) is 10.4 Å². The van der Waals surface area contributed by atoms with Crippen LogP contribution in [0, 0.1) is 5.82 Å². The third-order valence-electron chi connectivity index (χ3n) is 3.73. The minimum absolute atomic E-state index is 0.0293. The first-order valence-corrected chi connectivity index (χ1v) is 9.75. The second-order valence-electron chi connectivity index (χ2n) is 5.72. The highest BCUT2D eigenvalue weighted by Crippen LogP contribution is 2.22. The lowest BCUT2D eigenvalue weighted by atomic mass is 10.3. The van der Waals surface area contributed by atoms with E-state index in [1.807, 2.05) is 0 Å². The number of primary sulfonamides is 1.